The van der Waals surface area contributed by atoms with Gasteiger partial charge in [0.15, 0.2) is 5.78 Å². The molecule has 0 N–H and O–H groups in total. The Morgan fingerprint density at radius 2 is 1.85 bits per heavy atom. The highest BCUT2D eigenvalue weighted by Crippen LogP contribution is 2.15. The van der Waals surface area contributed by atoms with Crippen molar-refractivity contribution in [3.8, 4) is 5.75 Å². The van der Waals surface area contributed by atoms with Crippen molar-refractivity contribution in [1.29, 1.82) is 0 Å². The van der Waals surface area contributed by atoms with E-state index < -0.39 is 0 Å². The summed E-state index contributed by atoms with van der Waals surface area (Å²) in [4.78, 5) is 23.7. The van der Waals surface area contributed by atoms with Crippen LogP contribution in [-0.4, -0.2) is 18.7 Å². The lowest BCUT2D eigenvalue weighted by molar-refractivity contribution is -0.118. The van der Waals surface area contributed by atoms with Crippen LogP contribution in [0.15, 0.2) is 24.3 Å². The van der Waals surface area contributed by atoms with Crippen molar-refractivity contribution in [1.82, 2.24) is 0 Å². The minimum Gasteiger partial charge on any atom is -0.497 e. The Kier molecular flexibility index (Phi) is 7.63. The molecule has 0 fully saturated rings. The molecule has 1 rings (SSSR count). The number of unbranched alkanes of at least 4 members (excludes halogenated alkanes) is 4. The fraction of sp³-hybridized carbons (Fsp3) is 0.529. The van der Waals surface area contributed by atoms with E-state index in [-0.39, 0.29) is 18.0 Å². The molecular formula is C17H24O3. The summed E-state index contributed by atoms with van der Waals surface area (Å²) in [6.07, 6.45) is 6.07. The van der Waals surface area contributed by atoms with Crippen LogP contribution in [0, 0.1) is 0 Å². The molecule has 0 aromatic heterocycles. The molecule has 0 atom stereocenters. The SMILES string of the molecule is CCCCCCCC(=O)CC(=O)c1cccc(OC)c1. The van der Waals surface area contributed by atoms with Crippen molar-refractivity contribution in [2.75, 3.05) is 7.11 Å². The van der Waals surface area contributed by atoms with Crippen LogP contribution in [0.1, 0.15) is 62.2 Å². The lowest BCUT2D eigenvalue weighted by Crippen LogP contribution is -2.08. The molecule has 1 aromatic carbocycles. The van der Waals surface area contributed by atoms with E-state index in [1.54, 1.807) is 31.4 Å². The van der Waals surface area contributed by atoms with Crippen molar-refractivity contribution in [2.45, 2.75) is 51.9 Å². The van der Waals surface area contributed by atoms with Gasteiger partial charge in [-0.25, -0.2) is 0 Å². The van der Waals surface area contributed by atoms with Gasteiger partial charge in [0, 0.05) is 12.0 Å². The van der Waals surface area contributed by atoms with Gasteiger partial charge in [-0.3, -0.25) is 9.59 Å². The van der Waals surface area contributed by atoms with Crippen LogP contribution in [0.4, 0.5) is 0 Å². The van der Waals surface area contributed by atoms with Crippen LogP contribution in [0.2, 0.25) is 0 Å². The van der Waals surface area contributed by atoms with Gasteiger partial charge < -0.3 is 4.74 Å². The van der Waals surface area contributed by atoms with Crippen molar-refractivity contribution in [2.24, 2.45) is 0 Å². The van der Waals surface area contributed by atoms with Gasteiger partial charge in [-0.05, 0) is 18.6 Å². The van der Waals surface area contributed by atoms with Gasteiger partial charge in [0.25, 0.3) is 0 Å². The third kappa shape index (κ3) is 6.00. The second kappa shape index (κ2) is 9.29. The van der Waals surface area contributed by atoms with Crippen LogP contribution in [-0.2, 0) is 4.79 Å². The summed E-state index contributed by atoms with van der Waals surface area (Å²) in [5.41, 5.74) is 0.545. The summed E-state index contributed by atoms with van der Waals surface area (Å²) in [5, 5.41) is 0. The molecule has 0 amide bonds. The molecule has 1 aromatic rings. The zero-order valence-corrected chi connectivity index (χ0v) is 12.5. The number of ether oxygens (including phenoxy) is 1. The Hall–Kier alpha value is -1.64. The molecule has 3 heteroatoms. The molecule has 3 nitrogen and oxygen atoms in total. The number of ketones is 2. The van der Waals surface area contributed by atoms with E-state index in [0.29, 0.717) is 17.7 Å². The predicted octanol–water partition coefficient (Wildman–Crippen LogP) is 4.20. The molecule has 0 unspecified atom stereocenters. The number of methoxy groups -OCH3 is 1. The fourth-order valence-electron chi connectivity index (χ4n) is 2.09. The highest BCUT2D eigenvalue weighted by Gasteiger charge is 2.12. The number of carbonyl (C=O) groups is 2. The molecule has 20 heavy (non-hydrogen) atoms. The molecule has 0 saturated carbocycles. The van der Waals surface area contributed by atoms with E-state index in [2.05, 4.69) is 6.92 Å². The summed E-state index contributed by atoms with van der Waals surface area (Å²) in [5.74, 6) is 0.555. The second-order valence-electron chi connectivity index (χ2n) is 5.03. The fourth-order valence-corrected chi connectivity index (χ4v) is 2.09. The zero-order chi connectivity index (χ0) is 14.8. The maximum absolute atomic E-state index is 12.0. The molecule has 0 spiro atoms. The quantitative estimate of drug-likeness (QED) is 0.365. The van der Waals surface area contributed by atoms with Crippen molar-refractivity contribution < 1.29 is 14.3 Å². The number of Topliss-reactive ketones (excluding diaryl/α,β-unsaturated/α-hetero) is 2. The average molecular weight is 276 g/mol. The normalized spacial score (nSPS) is 10.3. The van der Waals surface area contributed by atoms with Crippen LogP contribution in [0.25, 0.3) is 0 Å². The minimum absolute atomic E-state index is 0.000938. The third-order valence-corrected chi connectivity index (χ3v) is 3.31. The van der Waals surface area contributed by atoms with E-state index in [4.69, 9.17) is 4.74 Å². The number of hydrogen-bond acceptors (Lipinski definition) is 3. The Labute approximate surface area is 121 Å². The Bertz CT molecular complexity index is 438. The highest BCUT2D eigenvalue weighted by atomic mass is 16.5. The van der Waals surface area contributed by atoms with Crippen LogP contribution in [0.5, 0.6) is 5.75 Å². The first-order chi connectivity index (χ1) is 9.67. The first kappa shape index (κ1) is 16.4. The van der Waals surface area contributed by atoms with E-state index in [0.717, 1.165) is 12.8 Å². The van der Waals surface area contributed by atoms with Gasteiger partial charge >= 0.3 is 0 Å². The van der Waals surface area contributed by atoms with Crippen LogP contribution in [0.3, 0.4) is 0 Å². The second-order valence-corrected chi connectivity index (χ2v) is 5.03. The molecule has 110 valence electrons. The molecule has 0 bridgehead atoms. The maximum Gasteiger partial charge on any atom is 0.170 e. The molecule has 0 aliphatic heterocycles. The largest absolute Gasteiger partial charge is 0.497 e. The van der Waals surface area contributed by atoms with Gasteiger partial charge in [0.2, 0.25) is 0 Å². The Morgan fingerprint density at radius 1 is 1.10 bits per heavy atom. The lowest BCUT2D eigenvalue weighted by atomic mass is 10.0. The van der Waals surface area contributed by atoms with Gasteiger partial charge in [-0.1, -0.05) is 44.7 Å². The monoisotopic (exact) mass is 276 g/mol. The summed E-state index contributed by atoms with van der Waals surface area (Å²) >= 11 is 0. The molecular weight excluding hydrogens is 252 g/mol. The van der Waals surface area contributed by atoms with Crippen molar-refractivity contribution in [3.63, 3.8) is 0 Å². The molecule has 0 aliphatic rings. The van der Waals surface area contributed by atoms with Gasteiger partial charge in [-0.2, -0.15) is 0 Å². The standard InChI is InChI=1S/C17H24O3/c1-3-4-5-6-7-10-15(18)13-17(19)14-9-8-11-16(12-14)20-2/h8-9,11-12H,3-7,10,13H2,1-2H3. The van der Waals surface area contributed by atoms with Gasteiger partial charge in [-0.15, -0.1) is 0 Å². The first-order valence-electron chi connectivity index (χ1n) is 7.36. The van der Waals surface area contributed by atoms with Crippen LogP contribution < -0.4 is 4.74 Å². The number of carbonyl (C=O) groups excluding carboxylic acids is 2. The Balaban J connectivity index is 2.35. The van der Waals surface area contributed by atoms with Gasteiger partial charge in [0.1, 0.15) is 11.5 Å². The van der Waals surface area contributed by atoms with E-state index in [1.807, 2.05) is 0 Å². The van der Waals surface area contributed by atoms with E-state index in [9.17, 15) is 9.59 Å². The lowest BCUT2D eigenvalue weighted by Gasteiger charge is -2.04. The minimum atomic E-state index is -0.123. The summed E-state index contributed by atoms with van der Waals surface area (Å²) in [6, 6.07) is 6.95. The number of hydrogen-bond donors (Lipinski definition) is 0. The molecule has 0 aliphatic carbocycles. The highest BCUT2D eigenvalue weighted by molar-refractivity contribution is 6.08. The Morgan fingerprint density at radius 3 is 2.55 bits per heavy atom. The van der Waals surface area contributed by atoms with E-state index >= 15 is 0 Å². The summed E-state index contributed by atoms with van der Waals surface area (Å²) in [7, 11) is 1.56. The zero-order valence-electron chi connectivity index (χ0n) is 12.5. The van der Waals surface area contributed by atoms with Gasteiger partial charge in [0.05, 0.1) is 13.5 Å². The number of rotatable bonds is 10. The van der Waals surface area contributed by atoms with E-state index in [1.165, 1.54) is 19.3 Å². The molecule has 0 saturated heterocycles. The number of benzene rings is 1. The topological polar surface area (TPSA) is 43.4 Å². The summed E-state index contributed by atoms with van der Waals surface area (Å²) in [6.45, 7) is 2.16. The predicted molar refractivity (Wildman–Crippen MR) is 80.3 cm³/mol. The molecule has 0 heterocycles. The summed E-state index contributed by atoms with van der Waals surface area (Å²) < 4.78 is 5.08. The average Bonchev–Trinajstić information content (AvgIpc) is 2.47. The van der Waals surface area contributed by atoms with Crippen molar-refractivity contribution >= 4 is 11.6 Å². The molecule has 0 radical (unpaired) electrons. The van der Waals surface area contributed by atoms with Crippen molar-refractivity contribution in [3.05, 3.63) is 29.8 Å². The maximum atomic E-state index is 12.0. The third-order valence-electron chi connectivity index (χ3n) is 3.31. The smallest absolute Gasteiger partial charge is 0.170 e. The first-order valence-corrected chi connectivity index (χ1v) is 7.36. The van der Waals surface area contributed by atoms with Crippen LogP contribution >= 0.6 is 0 Å².